The molecule has 4 aromatic heterocycles. The van der Waals surface area contributed by atoms with E-state index in [1.807, 2.05) is 29.2 Å². The first kappa shape index (κ1) is 36.2. The van der Waals surface area contributed by atoms with E-state index in [0.29, 0.717) is 66.7 Å². The van der Waals surface area contributed by atoms with Gasteiger partial charge in [-0.05, 0) is 36.4 Å². The molecule has 2 fully saturated rings. The van der Waals surface area contributed by atoms with Crippen molar-refractivity contribution in [1.82, 2.24) is 50.4 Å². The summed E-state index contributed by atoms with van der Waals surface area (Å²) in [6.45, 7) is 10.1. The molecule has 2 aromatic carbocycles. The zero-order valence-electron chi connectivity index (χ0n) is 29.2. The maximum absolute atomic E-state index is 12.8. The molecule has 0 spiro atoms. The van der Waals surface area contributed by atoms with E-state index >= 15 is 0 Å². The van der Waals surface area contributed by atoms with Crippen LogP contribution < -0.4 is 15.1 Å². The Balaban J connectivity index is 0.000000150. The van der Waals surface area contributed by atoms with E-state index < -0.39 is 5.97 Å². The average molecular weight is 719 g/mol. The topological polar surface area (TPSA) is 206 Å². The fraction of sp³-hybridized carbons (Fsp3) is 0.278. The number of carbonyl (C=O) groups is 2. The largest absolute Gasteiger partial charge is 0.478 e. The number of aryl methyl sites for hydroxylation is 2. The predicted molar refractivity (Wildman–Crippen MR) is 193 cm³/mol. The molecule has 272 valence electrons. The smallest absolute Gasteiger partial charge is 0.335 e. The fourth-order valence-corrected chi connectivity index (χ4v) is 5.48. The van der Waals surface area contributed by atoms with Crippen LogP contribution in [0.5, 0.6) is 0 Å². The van der Waals surface area contributed by atoms with Gasteiger partial charge < -0.3 is 34.2 Å². The molecule has 0 bridgehead atoms. The summed E-state index contributed by atoms with van der Waals surface area (Å²) in [5.74, 6) is 2.41. The molecular formula is C36H38N12O5. The molecular weight excluding hydrogens is 680 g/mol. The Morgan fingerprint density at radius 3 is 1.58 bits per heavy atom. The van der Waals surface area contributed by atoms with Gasteiger partial charge in [0.1, 0.15) is 0 Å². The second-order valence-corrected chi connectivity index (χ2v) is 11.9. The number of amides is 1. The van der Waals surface area contributed by atoms with Crippen LogP contribution in [0.4, 0.5) is 11.9 Å². The number of nitrogens with zero attached hydrogens (tertiary/aromatic N) is 11. The van der Waals surface area contributed by atoms with Crippen molar-refractivity contribution in [3.63, 3.8) is 0 Å². The lowest BCUT2D eigenvalue weighted by Crippen LogP contribution is -2.49. The average Bonchev–Trinajstić information content (AvgIpc) is 3.87. The molecule has 53 heavy (non-hydrogen) atoms. The van der Waals surface area contributed by atoms with Gasteiger partial charge in [-0.2, -0.15) is 9.97 Å². The van der Waals surface area contributed by atoms with Crippen LogP contribution in [0.3, 0.4) is 0 Å². The Bertz CT molecular complexity index is 2080. The highest BCUT2D eigenvalue weighted by Crippen LogP contribution is 2.20. The zero-order chi connectivity index (χ0) is 37.0. The summed E-state index contributed by atoms with van der Waals surface area (Å²) in [4.78, 5) is 54.8. The summed E-state index contributed by atoms with van der Waals surface area (Å²) in [7, 11) is 0. The molecule has 6 aromatic rings. The van der Waals surface area contributed by atoms with Gasteiger partial charge in [-0.3, -0.25) is 4.79 Å². The molecule has 0 aliphatic carbocycles. The Morgan fingerprint density at radius 1 is 0.642 bits per heavy atom. The number of hydrogen-bond acceptors (Lipinski definition) is 15. The van der Waals surface area contributed by atoms with Crippen LogP contribution >= 0.6 is 0 Å². The molecule has 2 N–H and O–H groups in total. The summed E-state index contributed by atoms with van der Waals surface area (Å²) >= 11 is 0. The summed E-state index contributed by atoms with van der Waals surface area (Å²) in [5, 5.41) is 19.7. The van der Waals surface area contributed by atoms with Crippen LogP contribution in [0.1, 0.15) is 32.5 Å². The number of carboxylic acids is 1. The second kappa shape index (κ2) is 17.5. The minimum atomic E-state index is -0.975. The lowest BCUT2D eigenvalue weighted by atomic mass is 10.1. The number of hydrogen-bond donors (Lipinski definition) is 2. The predicted octanol–water partition coefficient (Wildman–Crippen LogP) is 3.43. The number of anilines is 2. The van der Waals surface area contributed by atoms with Gasteiger partial charge in [-0.15, -0.1) is 0 Å². The Labute approximate surface area is 304 Å². The number of rotatable bonds is 6. The van der Waals surface area contributed by atoms with Crippen molar-refractivity contribution in [1.29, 1.82) is 0 Å². The highest BCUT2D eigenvalue weighted by Gasteiger charge is 2.24. The van der Waals surface area contributed by atoms with Gasteiger partial charge in [0.05, 0.1) is 5.56 Å². The number of nitrogens with one attached hydrogen (secondary N) is 1. The van der Waals surface area contributed by atoms with E-state index in [9.17, 15) is 9.59 Å². The number of benzene rings is 2. The second-order valence-electron chi connectivity index (χ2n) is 11.9. The lowest BCUT2D eigenvalue weighted by Gasteiger charge is -2.34. The molecule has 0 unspecified atom stereocenters. The number of aromatic nitrogens is 8. The number of aromatic carboxylic acids is 1. The maximum Gasteiger partial charge on any atom is 0.335 e. The van der Waals surface area contributed by atoms with Crippen molar-refractivity contribution in [2.24, 2.45) is 0 Å². The summed E-state index contributed by atoms with van der Waals surface area (Å²) in [6, 6.07) is 17.3. The molecule has 6 heterocycles. The first-order chi connectivity index (χ1) is 25.8. The molecule has 2 aliphatic heterocycles. The van der Waals surface area contributed by atoms with E-state index in [-0.39, 0.29) is 11.5 Å². The SMILES string of the molecule is Cc1nc(-c2cccc(C(=O)N3CCN(c4ncccn4)CC3)c2)no1.Cc1nc(-c2cccc(C(=O)O)c2)no1.c1cnc(N2CCNCC2)nc1. The Kier molecular flexibility index (Phi) is 12.0. The van der Waals surface area contributed by atoms with E-state index in [1.165, 1.54) is 12.1 Å². The molecule has 8 rings (SSSR count). The Hall–Kier alpha value is -6.62. The zero-order valence-corrected chi connectivity index (χ0v) is 29.2. The lowest BCUT2D eigenvalue weighted by molar-refractivity contribution is 0.0695. The molecule has 17 nitrogen and oxygen atoms in total. The van der Waals surface area contributed by atoms with Gasteiger partial charge in [0.15, 0.2) is 0 Å². The van der Waals surface area contributed by atoms with Gasteiger partial charge in [0.25, 0.3) is 5.91 Å². The maximum atomic E-state index is 12.8. The van der Waals surface area contributed by atoms with Gasteiger partial charge in [-0.25, -0.2) is 24.7 Å². The third kappa shape index (κ3) is 9.79. The van der Waals surface area contributed by atoms with E-state index in [4.69, 9.17) is 14.2 Å². The van der Waals surface area contributed by atoms with E-state index in [1.54, 1.807) is 62.9 Å². The minimum Gasteiger partial charge on any atom is -0.478 e. The van der Waals surface area contributed by atoms with Gasteiger partial charge >= 0.3 is 5.97 Å². The van der Waals surface area contributed by atoms with Gasteiger partial charge in [0, 0.05) is 108 Å². The van der Waals surface area contributed by atoms with Crippen molar-refractivity contribution < 1.29 is 23.7 Å². The standard InChI is InChI=1S/C18H18N6O2.C10H8N2O3.C8H12N4/c1-13-21-16(22-26-13)14-4-2-5-15(12-14)17(25)23-8-10-24(11-9-23)18-19-6-3-7-20-18;1-6-11-9(12-15-6)7-3-2-4-8(5-7)10(13)14;1-2-10-8(11-3-1)12-6-4-9-5-7-12/h2-7,12H,8-11H2,1H3;2-5H,1H3,(H,13,14);1-3,9H,4-7H2. The number of carboxylic acid groups (broad SMARTS) is 1. The molecule has 1 amide bonds. The molecule has 2 aliphatic rings. The van der Waals surface area contributed by atoms with Crippen molar-refractivity contribution in [2.75, 3.05) is 62.2 Å². The molecule has 0 radical (unpaired) electrons. The molecule has 0 atom stereocenters. The number of carbonyl (C=O) groups excluding carboxylic acids is 1. The third-order valence-corrected chi connectivity index (χ3v) is 8.14. The van der Waals surface area contributed by atoms with Crippen molar-refractivity contribution in [3.05, 3.63) is 108 Å². The summed E-state index contributed by atoms with van der Waals surface area (Å²) in [5.41, 5.74) is 2.22. The van der Waals surface area contributed by atoms with Crippen LogP contribution in [0, 0.1) is 13.8 Å². The summed E-state index contributed by atoms with van der Waals surface area (Å²) < 4.78 is 9.83. The van der Waals surface area contributed by atoms with Crippen LogP contribution in [0.2, 0.25) is 0 Å². The number of piperazine rings is 2. The first-order valence-electron chi connectivity index (χ1n) is 16.9. The Morgan fingerprint density at radius 2 is 1.11 bits per heavy atom. The quantitative estimate of drug-likeness (QED) is 0.253. The fourth-order valence-electron chi connectivity index (χ4n) is 5.48. The van der Waals surface area contributed by atoms with Crippen molar-refractivity contribution >= 4 is 23.8 Å². The van der Waals surface area contributed by atoms with Crippen molar-refractivity contribution in [3.8, 4) is 22.8 Å². The van der Waals surface area contributed by atoms with Crippen LogP contribution in [0.15, 0.2) is 94.5 Å². The summed E-state index contributed by atoms with van der Waals surface area (Å²) in [6.07, 6.45) is 7.02. The third-order valence-electron chi connectivity index (χ3n) is 8.14. The molecule has 17 heteroatoms. The van der Waals surface area contributed by atoms with E-state index in [2.05, 4.69) is 55.3 Å². The van der Waals surface area contributed by atoms with E-state index in [0.717, 1.165) is 37.7 Å². The minimum absolute atomic E-state index is 0.000645. The van der Waals surface area contributed by atoms with Crippen LogP contribution in [0.25, 0.3) is 22.8 Å². The normalized spacial score (nSPS) is 14.0. The monoisotopic (exact) mass is 718 g/mol. The van der Waals surface area contributed by atoms with Gasteiger partial charge in [-0.1, -0.05) is 34.6 Å². The van der Waals surface area contributed by atoms with Gasteiger partial charge in [0.2, 0.25) is 35.3 Å². The highest BCUT2D eigenvalue weighted by atomic mass is 16.5. The van der Waals surface area contributed by atoms with Crippen LogP contribution in [-0.2, 0) is 0 Å². The first-order valence-corrected chi connectivity index (χ1v) is 16.9. The highest BCUT2D eigenvalue weighted by molar-refractivity contribution is 5.95. The van der Waals surface area contributed by atoms with Crippen molar-refractivity contribution in [2.45, 2.75) is 13.8 Å². The molecule has 2 saturated heterocycles. The van der Waals surface area contributed by atoms with Crippen LogP contribution in [-0.4, -0.2) is 114 Å². The molecule has 0 saturated carbocycles.